The second-order valence-electron chi connectivity index (χ2n) is 4.93. The lowest BCUT2D eigenvalue weighted by atomic mass is 9.93. The normalized spacial score (nSPS) is 16.4. The fraction of sp³-hybridized carbons (Fsp3) is 0.538. The van der Waals surface area contributed by atoms with Gasteiger partial charge in [0, 0.05) is 19.2 Å². The van der Waals surface area contributed by atoms with E-state index < -0.39 is 15.8 Å². The second kappa shape index (κ2) is 6.07. The molecule has 1 aromatic rings. The number of anilines is 1. The van der Waals surface area contributed by atoms with Crippen molar-refractivity contribution in [2.24, 2.45) is 0 Å². The molecular weight excluding hydrogens is 283 g/mol. The fourth-order valence-corrected chi connectivity index (χ4v) is 4.12. The Kier molecular flexibility index (Phi) is 4.62. The molecule has 0 amide bonds. The standard InChI is InChI=1S/C13H19FN2O3S/c14-11-6-2-7-12(13(11)15)20(18,19)16(8-3-9-17)10-4-1-5-10/h2,6-7,10,17H,1,3-5,8-9,15H2. The molecule has 5 nitrogen and oxygen atoms in total. The summed E-state index contributed by atoms with van der Waals surface area (Å²) < 4.78 is 40.1. The van der Waals surface area contributed by atoms with Crippen LogP contribution in [0.15, 0.2) is 23.1 Å². The Hall–Kier alpha value is -1.18. The van der Waals surface area contributed by atoms with Crippen LogP contribution >= 0.6 is 0 Å². The summed E-state index contributed by atoms with van der Waals surface area (Å²) in [4.78, 5) is -0.192. The lowest BCUT2D eigenvalue weighted by molar-refractivity contribution is 0.198. The Bertz CT molecular complexity index is 573. The molecule has 1 aliphatic rings. The third-order valence-electron chi connectivity index (χ3n) is 3.62. The minimum atomic E-state index is -3.83. The molecule has 1 fully saturated rings. The number of hydrogen-bond acceptors (Lipinski definition) is 4. The van der Waals surface area contributed by atoms with Crippen molar-refractivity contribution in [2.75, 3.05) is 18.9 Å². The van der Waals surface area contributed by atoms with E-state index in [0.29, 0.717) is 6.42 Å². The zero-order valence-corrected chi connectivity index (χ0v) is 11.9. The molecule has 0 spiro atoms. The summed E-state index contributed by atoms with van der Waals surface area (Å²) in [5.74, 6) is -0.734. The average Bonchev–Trinajstić information content (AvgIpc) is 2.35. The van der Waals surface area contributed by atoms with Gasteiger partial charge in [0.2, 0.25) is 10.0 Å². The van der Waals surface area contributed by atoms with Crippen molar-refractivity contribution in [3.05, 3.63) is 24.0 Å². The van der Waals surface area contributed by atoms with Crippen molar-refractivity contribution in [3.8, 4) is 0 Å². The molecule has 0 aliphatic heterocycles. The molecule has 0 atom stereocenters. The monoisotopic (exact) mass is 302 g/mol. The van der Waals surface area contributed by atoms with Gasteiger partial charge in [-0.2, -0.15) is 4.31 Å². The number of hydrogen-bond donors (Lipinski definition) is 2. The summed E-state index contributed by atoms with van der Waals surface area (Å²) in [6.45, 7) is 0.136. The smallest absolute Gasteiger partial charge is 0.245 e. The van der Waals surface area contributed by atoms with E-state index in [1.807, 2.05) is 0 Å². The lowest BCUT2D eigenvalue weighted by Gasteiger charge is -2.36. The third-order valence-corrected chi connectivity index (χ3v) is 5.63. The van der Waals surface area contributed by atoms with Crippen LogP contribution in [0, 0.1) is 5.82 Å². The SMILES string of the molecule is Nc1c(F)cccc1S(=O)(=O)N(CCCO)C1CCC1. The quantitative estimate of drug-likeness (QED) is 0.777. The van der Waals surface area contributed by atoms with Crippen molar-refractivity contribution < 1.29 is 17.9 Å². The first-order chi connectivity index (χ1) is 9.48. The maximum atomic E-state index is 13.5. The number of aliphatic hydroxyl groups is 1. The number of halogens is 1. The highest BCUT2D eigenvalue weighted by Crippen LogP contribution is 2.32. The first kappa shape index (κ1) is 15.2. The van der Waals surface area contributed by atoms with Crippen molar-refractivity contribution in [1.82, 2.24) is 4.31 Å². The van der Waals surface area contributed by atoms with Crippen LogP contribution in [0.1, 0.15) is 25.7 Å². The van der Waals surface area contributed by atoms with Crippen molar-refractivity contribution in [3.63, 3.8) is 0 Å². The number of benzene rings is 1. The largest absolute Gasteiger partial charge is 0.396 e. The van der Waals surface area contributed by atoms with Crippen LogP contribution < -0.4 is 5.73 Å². The number of nitrogens with two attached hydrogens (primary N) is 1. The van der Waals surface area contributed by atoms with Gasteiger partial charge in [0.05, 0.1) is 5.69 Å². The minimum absolute atomic E-state index is 0.0748. The highest BCUT2D eigenvalue weighted by molar-refractivity contribution is 7.89. The van der Waals surface area contributed by atoms with Gasteiger partial charge in [0.1, 0.15) is 10.7 Å². The van der Waals surface area contributed by atoms with Crippen LogP contribution in [-0.4, -0.2) is 37.0 Å². The Labute approximate surface area is 118 Å². The predicted octanol–water partition coefficient (Wildman–Crippen LogP) is 1.33. The Morgan fingerprint density at radius 3 is 2.65 bits per heavy atom. The van der Waals surface area contributed by atoms with E-state index in [0.717, 1.165) is 25.3 Å². The van der Waals surface area contributed by atoms with E-state index in [4.69, 9.17) is 10.8 Å². The van der Waals surface area contributed by atoms with Crippen LogP contribution in [0.3, 0.4) is 0 Å². The van der Waals surface area contributed by atoms with Gasteiger partial charge in [0.25, 0.3) is 0 Å². The molecule has 1 aliphatic carbocycles. The number of rotatable bonds is 6. The lowest BCUT2D eigenvalue weighted by Crippen LogP contribution is -2.45. The number of nitrogen functional groups attached to an aromatic ring is 1. The van der Waals surface area contributed by atoms with Crippen molar-refractivity contribution in [1.29, 1.82) is 0 Å². The van der Waals surface area contributed by atoms with Crippen LogP contribution in [0.2, 0.25) is 0 Å². The van der Waals surface area contributed by atoms with Gasteiger partial charge in [-0.1, -0.05) is 12.5 Å². The second-order valence-corrected chi connectivity index (χ2v) is 6.79. The summed E-state index contributed by atoms with van der Waals surface area (Å²) >= 11 is 0. The molecule has 0 radical (unpaired) electrons. The van der Waals surface area contributed by atoms with E-state index in [1.54, 1.807) is 0 Å². The van der Waals surface area contributed by atoms with E-state index in [2.05, 4.69) is 0 Å². The molecule has 112 valence electrons. The van der Waals surface area contributed by atoms with Gasteiger partial charge in [-0.25, -0.2) is 12.8 Å². The van der Waals surface area contributed by atoms with Crippen LogP contribution in [0.5, 0.6) is 0 Å². The van der Waals surface area contributed by atoms with E-state index in [9.17, 15) is 12.8 Å². The summed E-state index contributed by atoms with van der Waals surface area (Å²) in [5.41, 5.74) is 5.22. The highest BCUT2D eigenvalue weighted by atomic mass is 32.2. The van der Waals surface area contributed by atoms with Gasteiger partial charge >= 0.3 is 0 Å². The van der Waals surface area contributed by atoms with Gasteiger partial charge in [-0.3, -0.25) is 0 Å². The Morgan fingerprint density at radius 1 is 1.40 bits per heavy atom. The van der Waals surface area contributed by atoms with Gasteiger partial charge in [0.15, 0.2) is 0 Å². The molecule has 0 aromatic heterocycles. The van der Waals surface area contributed by atoms with Crippen molar-refractivity contribution in [2.45, 2.75) is 36.6 Å². The van der Waals surface area contributed by atoms with Gasteiger partial charge < -0.3 is 10.8 Å². The summed E-state index contributed by atoms with van der Waals surface area (Å²) in [6.07, 6.45) is 2.92. The molecule has 1 aromatic carbocycles. The molecule has 2 rings (SSSR count). The fourth-order valence-electron chi connectivity index (χ4n) is 2.27. The molecule has 3 N–H and O–H groups in total. The molecule has 0 unspecified atom stereocenters. The summed E-state index contributed by atoms with van der Waals surface area (Å²) in [5, 5.41) is 8.92. The first-order valence-corrected chi connectivity index (χ1v) is 8.09. The number of aliphatic hydroxyl groups excluding tert-OH is 1. The maximum Gasteiger partial charge on any atom is 0.245 e. The molecule has 1 saturated carbocycles. The Morgan fingerprint density at radius 2 is 2.10 bits per heavy atom. The van der Waals surface area contributed by atoms with Crippen LogP contribution in [0.25, 0.3) is 0 Å². The molecule has 0 saturated heterocycles. The van der Waals surface area contributed by atoms with E-state index in [1.165, 1.54) is 16.4 Å². The zero-order valence-electron chi connectivity index (χ0n) is 11.1. The number of para-hydroxylation sites is 1. The molecule has 7 heteroatoms. The predicted molar refractivity (Wildman–Crippen MR) is 74.0 cm³/mol. The summed E-state index contributed by atoms with van der Waals surface area (Å²) in [6, 6.07) is 3.71. The number of sulfonamides is 1. The summed E-state index contributed by atoms with van der Waals surface area (Å²) in [7, 11) is -3.83. The van der Waals surface area contributed by atoms with Crippen molar-refractivity contribution >= 4 is 15.7 Å². The molecule has 0 heterocycles. The molecule has 20 heavy (non-hydrogen) atoms. The first-order valence-electron chi connectivity index (χ1n) is 6.65. The van der Waals surface area contributed by atoms with Gasteiger partial charge in [-0.15, -0.1) is 0 Å². The molecular formula is C13H19FN2O3S. The Balaban J connectivity index is 2.36. The van der Waals surface area contributed by atoms with E-state index in [-0.39, 0.29) is 29.8 Å². The van der Waals surface area contributed by atoms with Gasteiger partial charge in [-0.05, 0) is 31.4 Å². The topological polar surface area (TPSA) is 83.6 Å². The minimum Gasteiger partial charge on any atom is -0.396 e. The highest BCUT2D eigenvalue weighted by Gasteiger charge is 2.35. The zero-order chi connectivity index (χ0) is 14.8. The number of nitrogens with zero attached hydrogens (tertiary/aromatic N) is 1. The third kappa shape index (κ3) is 2.79. The van der Waals surface area contributed by atoms with E-state index >= 15 is 0 Å². The molecule has 0 bridgehead atoms. The van der Waals surface area contributed by atoms with Crippen LogP contribution in [-0.2, 0) is 10.0 Å². The van der Waals surface area contributed by atoms with Crippen LogP contribution in [0.4, 0.5) is 10.1 Å². The average molecular weight is 302 g/mol. The maximum absolute atomic E-state index is 13.5.